The van der Waals surface area contributed by atoms with Gasteiger partial charge in [-0.3, -0.25) is 14.4 Å². The Labute approximate surface area is 147 Å². The van der Waals surface area contributed by atoms with Crippen LogP contribution in [0.3, 0.4) is 0 Å². The van der Waals surface area contributed by atoms with Gasteiger partial charge in [-0.05, 0) is 23.8 Å². The molecule has 0 aliphatic carbocycles. The number of alkyl halides is 3. The fourth-order valence-electron chi connectivity index (χ4n) is 1.70. The largest absolute Gasteiger partial charge is 0.416 e. The molecular formula is C14H18ClF3N4O3. The fraction of sp³-hybridized carbons (Fsp3) is 0.357. The first-order chi connectivity index (χ1) is 11.1. The first-order valence-electron chi connectivity index (χ1n) is 6.84. The van der Waals surface area contributed by atoms with Crippen LogP contribution < -0.4 is 21.7 Å². The number of hydrogen-bond acceptors (Lipinski definition) is 4. The maximum atomic E-state index is 12.8. The summed E-state index contributed by atoms with van der Waals surface area (Å²) < 4.78 is 38.3. The molecule has 0 aromatic heterocycles. The van der Waals surface area contributed by atoms with Crippen molar-refractivity contribution in [1.29, 1.82) is 0 Å². The van der Waals surface area contributed by atoms with Crippen molar-refractivity contribution in [3.05, 3.63) is 29.3 Å². The lowest BCUT2D eigenvalue weighted by molar-refractivity contribution is -0.137. The molecule has 0 aliphatic heterocycles. The first kappa shape index (κ1) is 22.7. The minimum absolute atomic E-state index is 0. The standard InChI is InChI=1S/C14H17F3N4O3.ClH/c1-8(22)19-6-12(23)20-7-13(24)21-11-3-9(5-18)2-10(4-11)14(15,16)17;/h2-4H,5-7,18H2,1H3,(H,19,22)(H,20,23)(H,21,24);1H. The molecule has 1 rings (SSSR count). The smallest absolute Gasteiger partial charge is 0.347 e. The molecule has 1 aromatic rings. The number of nitrogens with two attached hydrogens (primary N) is 1. The highest BCUT2D eigenvalue weighted by Gasteiger charge is 2.31. The molecule has 0 unspecified atom stereocenters. The summed E-state index contributed by atoms with van der Waals surface area (Å²) in [6, 6.07) is 2.98. The molecule has 3 amide bonds. The van der Waals surface area contributed by atoms with Crippen LogP contribution in [0.15, 0.2) is 18.2 Å². The number of amides is 3. The average molecular weight is 383 g/mol. The van der Waals surface area contributed by atoms with E-state index in [0.29, 0.717) is 0 Å². The van der Waals surface area contributed by atoms with E-state index in [2.05, 4.69) is 16.0 Å². The van der Waals surface area contributed by atoms with E-state index < -0.39 is 36.0 Å². The number of benzene rings is 1. The maximum absolute atomic E-state index is 12.8. The molecule has 1 aromatic carbocycles. The molecule has 0 heterocycles. The van der Waals surface area contributed by atoms with Crippen LogP contribution in [-0.2, 0) is 27.1 Å². The van der Waals surface area contributed by atoms with E-state index in [1.54, 1.807) is 0 Å². The van der Waals surface area contributed by atoms with Crippen molar-refractivity contribution in [2.24, 2.45) is 5.73 Å². The van der Waals surface area contributed by atoms with Crippen LogP contribution in [0.5, 0.6) is 0 Å². The molecule has 0 radical (unpaired) electrons. The van der Waals surface area contributed by atoms with Crippen LogP contribution >= 0.6 is 12.4 Å². The van der Waals surface area contributed by atoms with Gasteiger partial charge >= 0.3 is 6.18 Å². The van der Waals surface area contributed by atoms with Gasteiger partial charge in [-0.1, -0.05) is 0 Å². The normalized spacial score (nSPS) is 10.4. The Bertz CT molecular complexity index is 638. The zero-order valence-electron chi connectivity index (χ0n) is 13.2. The molecule has 11 heteroatoms. The molecule has 0 atom stereocenters. The van der Waals surface area contributed by atoms with Gasteiger partial charge < -0.3 is 21.7 Å². The monoisotopic (exact) mass is 382 g/mol. The maximum Gasteiger partial charge on any atom is 0.416 e. The third-order valence-electron chi connectivity index (χ3n) is 2.78. The zero-order chi connectivity index (χ0) is 18.3. The third-order valence-corrected chi connectivity index (χ3v) is 2.78. The molecule has 0 fully saturated rings. The van der Waals surface area contributed by atoms with E-state index in [9.17, 15) is 27.6 Å². The number of carbonyl (C=O) groups is 3. The lowest BCUT2D eigenvalue weighted by Crippen LogP contribution is -2.39. The van der Waals surface area contributed by atoms with E-state index in [-0.39, 0.29) is 36.7 Å². The van der Waals surface area contributed by atoms with Gasteiger partial charge in [-0.2, -0.15) is 13.2 Å². The number of hydrogen-bond donors (Lipinski definition) is 4. The number of carbonyl (C=O) groups excluding carboxylic acids is 3. The quantitative estimate of drug-likeness (QED) is 0.582. The van der Waals surface area contributed by atoms with Crippen molar-refractivity contribution in [3.8, 4) is 0 Å². The number of rotatable bonds is 6. The molecule has 5 N–H and O–H groups in total. The van der Waals surface area contributed by atoms with Gasteiger partial charge in [0.25, 0.3) is 0 Å². The minimum atomic E-state index is -4.57. The van der Waals surface area contributed by atoms with Gasteiger partial charge in [0, 0.05) is 19.2 Å². The van der Waals surface area contributed by atoms with Crippen molar-refractivity contribution in [2.75, 3.05) is 18.4 Å². The highest BCUT2D eigenvalue weighted by molar-refractivity contribution is 5.95. The number of halogens is 4. The van der Waals surface area contributed by atoms with Crippen LogP contribution in [0.1, 0.15) is 18.1 Å². The molecule has 25 heavy (non-hydrogen) atoms. The Morgan fingerprint density at radius 1 is 1.04 bits per heavy atom. The van der Waals surface area contributed by atoms with Crippen molar-refractivity contribution in [1.82, 2.24) is 10.6 Å². The summed E-state index contributed by atoms with van der Waals surface area (Å²) in [6.45, 7) is 0.346. The lowest BCUT2D eigenvalue weighted by Gasteiger charge is -2.13. The highest BCUT2D eigenvalue weighted by Crippen LogP contribution is 2.31. The minimum Gasteiger partial charge on any atom is -0.347 e. The van der Waals surface area contributed by atoms with Gasteiger partial charge in [0.1, 0.15) is 0 Å². The predicted molar refractivity (Wildman–Crippen MR) is 86.9 cm³/mol. The van der Waals surface area contributed by atoms with Crippen molar-refractivity contribution < 1.29 is 27.6 Å². The van der Waals surface area contributed by atoms with E-state index in [0.717, 1.165) is 12.1 Å². The fourth-order valence-corrected chi connectivity index (χ4v) is 1.70. The molecule has 0 spiro atoms. The van der Waals surface area contributed by atoms with Crippen LogP contribution in [0.25, 0.3) is 0 Å². The van der Waals surface area contributed by atoms with Crippen LogP contribution in [0.2, 0.25) is 0 Å². The van der Waals surface area contributed by atoms with E-state index in [1.165, 1.54) is 13.0 Å². The van der Waals surface area contributed by atoms with Crippen molar-refractivity contribution >= 4 is 35.8 Å². The van der Waals surface area contributed by atoms with Crippen LogP contribution in [-0.4, -0.2) is 30.8 Å². The Balaban J connectivity index is 0.00000576. The van der Waals surface area contributed by atoms with E-state index >= 15 is 0 Å². The Morgan fingerprint density at radius 2 is 1.64 bits per heavy atom. The van der Waals surface area contributed by atoms with Crippen molar-refractivity contribution in [3.63, 3.8) is 0 Å². The van der Waals surface area contributed by atoms with Gasteiger partial charge in [0.05, 0.1) is 18.7 Å². The molecule has 0 saturated heterocycles. The van der Waals surface area contributed by atoms with Crippen LogP contribution in [0, 0.1) is 0 Å². The van der Waals surface area contributed by atoms with Gasteiger partial charge in [-0.25, -0.2) is 0 Å². The average Bonchev–Trinajstić information content (AvgIpc) is 2.49. The van der Waals surface area contributed by atoms with Gasteiger partial charge in [0.15, 0.2) is 0 Å². The Morgan fingerprint density at radius 3 is 2.16 bits per heavy atom. The number of anilines is 1. The van der Waals surface area contributed by atoms with E-state index in [4.69, 9.17) is 5.73 Å². The summed E-state index contributed by atoms with van der Waals surface area (Å²) in [4.78, 5) is 33.6. The van der Waals surface area contributed by atoms with Gasteiger partial charge in [-0.15, -0.1) is 12.4 Å². The SMILES string of the molecule is CC(=O)NCC(=O)NCC(=O)Nc1cc(CN)cc(C(F)(F)F)c1.Cl. The second-order valence-corrected chi connectivity index (χ2v) is 4.86. The molecule has 0 bridgehead atoms. The summed E-state index contributed by atoms with van der Waals surface area (Å²) >= 11 is 0. The van der Waals surface area contributed by atoms with Gasteiger partial charge in [0.2, 0.25) is 17.7 Å². The Kier molecular flexibility index (Phi) is 8.93. The molecule has 0 aliphatic rings. The second kappa shape index (κ2) is 9.84. The van der Waals surface area contributed by atoms with Crippen molar-refractivity contribution in [2.45, 2.75) is 19.6 Å². The summed E-state index contributed by atoms with van der Waals surface area (Å²) in [5.41, 5.74) is 4.54. The predicted octanol–water partition coefficient (Wildman–Crippen LogP) is 0.777. The Hall–Kier alpha value is -2.33. The van der Waals surface area contributed by atoms with E-state index in [1.807, 2.05) is 0 Å². The highest BCUT2D eigenvalue weighted by atomic mass is 35.5. The topological polar surface area (TPSA) is 113 Å². The summed E-state index contributed by atoms with van der Waals surface area (Å²) in [5.74, 6) is -1.73. The number of nitrogens with one attached hydrogen (secondary N) is 3. The molecule has 140 valence electrons. The second-order valence-electron chi connectivity index (χ2n) is 4.86. The summed E-state index contributed by atoms with van der Waals surface area (Å²) in [7, 11) is 0. The van der Waals surface area contributed by atoms with Crippen LogP contribution in [0.4, 0.5) is 18.9 Å². The zero-order valence-corrected chi connectivity index (χ0v) is 14.0. The third kappa shape index (κ3) is 8.36. The molecule has 7 nitrogen and oxygen atoms in total. The molecular weight excluding hydrogens is 365 g/mol. The molecule has 0 saturated carbocycles. The lowest BCUT2D eigenvalue weighted by atomic mass is 10.1. The summed E-state index contributed by atoms with van der Waals surface area (Å²) in [5, 5.41) is 6.71. The summed E-state index contributed by atoms with van der Waals surface area (Å²) in [6.07, 6.45) is -4.57. The first-order valence-corrected chi connectivity index (χ1v) is 6.84.